The first-order chi connectivity index (χ1) is 8.04. The van der Waals surface area contributed by atoms with Gasteiger partial charge < -0.3 is 13.6 Å². The molecule has 0 saturated carbocycles. The Morgan fingerprint density at radius 1 is 1.22 bits per heavy atom. The number of hydrogen-bond acceptors (Lipinski definition) is 5. The largest absolute Gasteiger partial charge is 0.454 e. The average molecular weight is 295 g/mol. The van der Waals surface area contributed by atoms with Crippen LogP contribution in [-0.4, -0.2) is 28.0 Å². The van der Waals surface area contributed by atoms with Crippen LogP contribution in [0.1, 0.15) is 34.1 Å². The summed E-state index contributed by atoms with van der Waals surface area (Å²) < 4.78 is 27.8. The SMILES string of the molecule is CC/C(=N\O[Si](C)(C)C(C)(C)C)P(=O)(OC)OC. The van der Waals surface area contributed by atoms with Crippen LogP contribution in [0.25, 0.3) is 0 Å². The van der Waals surface area contributed by atoms with Crippen molar-refractivity contribution in [2.75, 3.05) is 14.2 Å². The molecule has 0 bridgehead atoms. The van der Waals surface area contributed by atoms with Crippen LogP contribution in [0.3, 0.4) is 0 Å². The molecule has 0 aliphatic carbocycles. The molecule has 0 saturated heterocycles. The molecule has 0 amide bonds. The van der Waals surface area contributed by atoms with E-state index in [-0.39, 0.29) is 5.04 Å². The third kappa shape index (κ3) is 4.19. The van der Waals surface area contributed by atoms with Gasteiger partial charge in [-0.2, -0.15) is 0 Å². The van der Waals surface area contributed by atoms with Crippen LogP contribution in [0.5, 0.6) is 0 Å². The topological polar surface area (TPSA) is 57.1 Å². The van der Waals surface area contributed by atoms with E-state index in [9.17, 15) is 4.57 Å². The van der Waals surface area contributed by atoms with Crippen molar-refractivity contribution in [3.8, 4) is 0 Å². The normalized spacial score (nSPS) is 14.8. The first-order valence-corrected chi connectivity index (χ1v) is 10.5. The predicted molar refractivity (Wildman–Crippen MR) is 77.6 cm³/mol. The zero-order valence-electron chi connectivity index (χ0n) is 12.7. The molecule has 0 aromatic heterocycles. The van der Waals surface area contributed by atoms with E-state index >= 15 is 0 Å². The van der Waals surface area contributed by atoms with E-state index in [4.69, 9.17) is 13.6 Å². The third-order valence-electron chi connectivity index (χ3n) is 3.30. The first-order valence-electron chi connectivity index (χ1n) is 6.01. The van der Waals surface area contributed by atoms with Crippen molar-refractivity contribution in [2.24, 2.45) is 5.16 Å². The molecule has 0 aliphatic heterocycles. The van der Waals surface area contributed by atoms with Crippen LogP contribution in [-0.2, 0) is 18.1 Å². The molecule has 0 heterocycles. The molecule has 0 N–H and O–H groups in total. The van der Waals surface area contributed by atoms with Crippen molar-refractivity contribution in [3.63, 3.8) is 0 Å². The van der Waals surface area contributed by atoms with Crippen LogP contribution < -0.4 is 0 Å². The van der Waals surface area contributed by atoms with Crippen molar-refractivity contribution < 1.29 is 18.1 Å². The molecule has 0 atom stereocenters. The van der Waals surface area contributed by atoms with Gasteiger partial charge in [0.15, 0.2) is 5.45 Å². The minimum absolute atomic E-state index is 0.0412. The Morgan fingerprint density at radius 3 is 1.94 bits per heavy atom. The number of oxime groups is 1. The van der Waals surface area contributed by atoms with E-state index in [1.165, 1.54) is 14.2 Å². The molecular formula is C11H26NO4PSi. The molecule has 108 valence electrons. The highest BCUT2D eigenvalue weighted by Crippen LogP contribution is 2.49. The molecule has 0 aromatic carbocycles. The Labute approximate surface area is 112 Å². The van der Waals surface area contributed by atoms with Gasteiger partial charge in [0.25, 0.3) is 8.32 Å². The van der Waals surface area contributed by atoms with E-state index in [1.54, 1.807) is 0 Å². The standard InChI is InChI=1S/C11H26NO4PSi/c1-9-10(17(13,14-5)15-6)12-16-18(7,8)11(2,3)4/h9H2,1-8H3/b12-10+. The van der Waals surface area contributed by atoms with Crippen molar-refractivity contribution in [1.82, 2.24) is 0 Å². The molecule has 5 nitrogen and oxygen atoms in total. The molecule has 0 radical (unpaired) electrons. The second kappa shape index (κ2) is 6.33. The summed E-state index contributed by atoms with van der Waals surface area (Å²) >= 11 is 0. The Morgan fingerprint density at radius 2 is 1.67 bits per heavy atom. The van der Waals surface area contributed by atoms with Crippen LogP contribution in [0.15, 0.2) is 5.16 Å². The fourth-order valence-corrected chi connectivity index (χ4v) is 2.69. The molecule has 0 spiro atoms. The smallest absolute Gasteiger partial charge is 0.378 e. The lowest BCUT2D eigenvalue weighted by molar-refractivity contribution is 0.281. The summed E-state index contributed by atoms with van der Waals surface area (Å²) in [6, 6.07) is 0. The quantitative estimate of drug-likeness (QED) is 0.319. The number of rotatable bonds is 6. The highest BCUT2D eigenvalue weighted by Gasteiger charge is 2.40. The summed E-state index contributed by atoms with van der Waals surface area (Å²) in [7, 11) is -2.59. The van der Waals surface area contributed by atoms with Gasteiger partial charge in [-0.05, 0) is 24.6 Å². The first kappa shape index (κ1) is 17.8. The molecule has 0 aromatic rings. The van der Waals surface area contributed by atoms with E-state index in [0.29, 0.717) is 11.9 Å². The number of hydrogen-bond donors (Lipinski definition) is 0. The van der Waals surface area contributed by atoms with E-state index in [0.717, 1.165) is 0 Å². The summed E-state index contributed by atoms with van der Waals surface area (Å²) in [6.45, 7) is 12.4. The molecule has 0 aliphatic rings. The van der Waals surface area contributed by atoms with Gasteiger partial charge in [0, 0.05) is 14.2 Å². The number of nitrogens with zero attached hydrogens (tertiary/aromatic N) is 1. The Kier molecular flexibility index (Phi) is 6.27. The summed E-state index contributed by atoms with van der Waals surface area (Å²) in [6.07, 6.45) is 0.466. The summed E-state index contributed by atoms with van der Waals surface area (Å²) in [5.74, 6) is 0. The van der Waals surface area contributed by atoms with Gasteiger partial charge in [-0.25, -0.2) is 0 Å². The van der Waals surface area contributed by atoms with E-state index in [2.05, 4.69) is 39.0 Å². The van der Waals surface area contributed by atoms with Crippen LogP contribution >= 0.6 is 7.60 Å². The van der Waals surface area contributed by atoms with Gasteiger partial charge in [0.2, 0.25) is 0 Å². The average Bonchev–Trinajstić information content (AvgIpc) is 2.27. The van der Waals surface area contributed by atoms with Gasteiger partial charge in [-0.15, -0.1) is 0 Å². The predicted octanol–water partition coefficient (Wildman–Crippen LogP) is 4.22. The van der Waals surface area contributed by atoms with Crippen LogP contribution in [0.2, 0.25) is 18.1 Å². The van der Waals surface area contributed by atoms with Crippen molar-refractivity contribution in [2.45, 2.75) is 52.2 Å². The lowest BCUT2D eigenvalue weighted by atomic mass is 10.2. The fourth-order valence-electron chi connectivity index (χ4n) is 0.897. The maximum Gasteiger partial charge on any atom is 0.378 e. The highest BCUT2D eigenvalue weighted by molar-refractivity contribution is 7.72. The van der Waals surface area contributed by atoms with Gasteiger partial charge in [-0.1, -0.05) is 32.9 Å². The molecular weight excluding hydrogens is 269 g/mol. The van der Waals surface area contributed by atoms with E-state index < -0.39 is 15.9 Å². The van der Waals surface area contributed by atoms with Crippen molar-refractivity contribution >= 4 is 21.4 Å². The summed E-state index contributed by atoms with van der Waals surface area (Å²) in [5.41, 5.74) is 0.331. The second-order valence-corrected chi connectivity index (χ2v) is 12.5. The van der Waals surface area contributed by atoms with Gasteiger partial charge in [0.05, 0.1) is 0 Å². The highest BCUT2D eigenvalue weighted by atomic mass is 31.2. The molecule has 18 heavy (non-hydrogen) atoms. The lowest BCUT2D eigenvalue weighted by Gasteiger charge is -2.33. The van der Waals surface area contributed by atoms with Crippen molar-refractivity contribution in [1.29, 1.82) is 0 Å². The molecule has 0 rings (SSSR count). The minimum Gasteiger partial charge on any atom is -0.454 e. The van der Waals surface area contributed by atoms with Gasteiger partial charge in [0.1, 0.15) is 0 Å². The van der Waals surface area contributed by atoms with Crippen molar-refractivity contribution in [3.05, 3.63) is 0 Å². The zero-order valence-corrected chi connectivity index (χ0v) is 14.6. The maximum absolute atomic E-state index is 12.2. The molecule has 7 heteroatoms. The molecule has 0 unspecified atom stereocenters. The maximum atomic E-state index is 12.2. The zero-order chi connectivity index (χ0) is 14.6. The Balaban J connectivity index is 5.13. The molecule has 0 fully saturated rings. The fraction of sp³-hybridized carbons (Fsp3) is 0.909. The van der Waals surface area contributed by atoms with Crippen LogP contribution in [0.4, 0.5) is 0 Å². The lowest BCUT2D eigenvalue weighted by Crippen LogP contribution is -2.39. The minimum atomic E-state index is -3.28. The second-order valence-electron chi connectivity index (χ2n) is 5.58. The van der Waals surface area contributed by atoms with Gasteiger partial charge >= 0.3 is 7.60 Å². The van der Waals surface area contributed by atoms with Gasteiger partial charge in [-0.3, -0.25) is 4.57 Å². The van der Waals surface area contributed by atoms with Crippen LogP contribution in [0, 0.1) is 0 Å². The Hall–Kier alpha value is -0.163. The summed E-state index contributed by atoms with van der Waals surface area (Å²) in [4.78, 5) is 0. The summed E-state index contributed by atoms with van der Waals surface area (Å²) in [5, 5.41) is 4.10. The van der Waals surface area contributed by atoms with E-state index in [1.807, 2.05) is 6.92 Å². The third-order valence-corrected chi connectivity index (χ3v) is 9.45. The Bertz CT molecular complexity index is 341. The monoisotopic (exact) mass is 295 g/mol.